The highest BCUT2D eigenvalue weighted by Crippen LogP contribution is 2.43. The van der Waals surface area contributed by atoms with Gasteiger partial charge in [-0.05, 0) is 61.5 Å². The van der Waals surface area contributed by atoms with Gasteiger partial charge < -0.3 is 11.1 Å². The zero-order valence-electron chi connectivity index (χ0n) is 14.8. The van der Waals surface area contributed by atoms with E-state index < -0.39 is 5.41 Å². The lowest BCUT2D eigenvalue weighted by Crippen LogP contribution is -2.52. The molecule has 0 amide bonds. The van der Waals surface area contributed by atoms with Gasteiger partial charge >= 0.3 is 0 Å². The highest BCUT2D eigenvalue weighted by atomic mass is 19.1. The van der Waals surface area contributed by atoms with E-state index in [4.69, 9.17) is 5.73 Å². The third kappa shape index (κ3) is 3.14. The fourth-order valence-electron chi connectivity index (χ4n) is 3.81. The molecule has 0 bridgehead atoms. The molecule has 1 unspecified atom stereocenters. The molecule has 0 saturated carbocycles. The number of fused-ring (bicyclic) bond motifs is 1. The van der Waals surface area contributed by atoms with Crippen molar-refractivity contribution in [3.05, 3.63) is 53.5 Å². The van der Waals surface area contributed by atoms with Crippen LogP contribution in [0.1, 0.15) is 12.8 Å². The molecule has 1 fully saturated rings. The van der Waals surface area contributed by atoms with Crippen LogP contribution in [0.5, 0.6) is 0 Å². The zero-order valence-corrected chi connectivity index (χ0v) is 14.8. The Labute approximate surface area is 156 Å². The van der Waals surface area contributed by atoms with E-state index in [0.29, 0.717) is 36.7 Å². The number of benzene rings is 1. The predicted octanol–water partition coefficient (Wildman–Crippen LogP) is 2.10. The number of allylic oxidation sites excluding steroid dienone is 2. The summed E-state index contributed by atoms with van der Waals surface area (Å²) in [4.78, 5) is 26.2. The van der Waals surface area contributed by atoms with E-state index in [-0.39, 0.29) is 11.6 Å². The molecule has 0 spiro atoms. The topological polar surface area (TPSA) is 92.2 Å². The van der Waals surface area contributed by atoms with Crippen molar-refractivity contribution in [2.24, 2.45) is 26.1 Å². The summed E-state index contributed by atoms with van der Waals surface area (Å²) in [6, 6.07) is 5.98. The molecule has 1 aliphatic carbocycles. The van der Waals surface area contributed by atoms with Crippen LogP contribution in [0.3, 0.4) is 0 Å². The van der Waals surface area contributed by atoms with Gasteiger partial charge in [-0.15, -0.1) is 0 Å². The second-order valence-corrected chi connectivity index (χ2v) is 6.85. The fraction of sp³-hybridized carbons (Fsp3) is 0.300. The first-order valence-electron chi connectivity index (χ1n) is 8.89. The summed E-state index contributed by atoms with van der Waals surface area (Å²) in [5.41, 5.74) is 8.77. The number of halogens is 1. The molecule has 3 aliphatic rings. The van der Waals surface area contributed by atoms with E-state index in [1.54, 1.807) is 18.3 Å². The minimum absolute atomic E-state index is 0.0256. The van der Waals surface area contributed by atoms with Crippen molar-refractivity contribution in [1.82, 2.24) is 5.32 Å². The third-order valence-corrected chi connectivity index (χ3v) is 5.23. The number of Topliss-reactive ketones (excluding diaryl/α,β-unsaturated/α-hetero) is 1. The monoisotopic (exact) mass is 365 g/mol. The first-order chi connectivity index (χ1) is 13.1. The molecule has 1 aromatic rings. The Hall–Kier alpha value is -2.93. The van der Waals surface area contributed by atoms with Crippen LogP contribution >= 0.6 is 0 Å². The van der Waals surface area contributed by atoms with Crippen LogP contribution in [0, 0.1) is 11.2 Å². The Morgan fingerprint density at radius 1 is 1.33 bits per heavy atom. The quantitative estimate of drug-likeness (QED) is 0.859. The summed E-state index contributed by atoms with van der Waals surface area (Å²) in [6.07, 6.45) is 6.21. The molecule has 1 aromatic carbocycles. The zero-order chi connectivity index (χ0) is 18.9. The van der Waals surface area contributed by atoms with Crippen molar-refractivity contribution in [3.8, 4) is 0 Å². The van der Waals surface area contributed by atoms with Gasteiger partial charge in [-0.25, -0.2) is 9.38 Å². The number of carbonyl (C=O) groups excluding carboxylic acids is 1. The molecule has 1 atom stereocenters. The number of aliphatic imine (C=N–C) groups is 3. The minimum atomic E-state index is -0.708. The van der Waals surface area contributed by atoms with Gasteiger partial charge in [-0.2, -0.15) is 0 Å². The van der Waals surface area contributed by atoms with Crippen LogP contribution < -0.4 is 11.1 Å². The second kappa shape index (κ2) is 7.00. The van der Waals surface area contributed by atoms with Gasteiger partial charge in [0.05, 0.1) is 23.0 Å². The Morgan fingerprint density at radius 3 is 2.85 bits per heavy atom. The number of rotatable bonds is 3. The summed E-state index contributed by atoms with van der Waals surface area (Å²) in [7, 11) is 0. The Kier molecular flexibility index (Phi) is 4.53. The summed E-state index contributed by atoms with van der Waals surface area (Å²) in [5, 5.41) is 3.33. The minimum Gasteiger partial charge on any atom is -0.404 e. The van der Waals surface area contributed by atoms with E-state index in [9.17, 15) is 9.18 Å². The van der Waals surface area contributed by atoms with E-state index >= 15 is 0 Å². The molecule has 7 heteroatoms. The number of nitrogens with two attached hydrogens (primary N) is 1. The molecule has 2 heterocycles. The normalized spacial score (nSPS) is 27.4. The van der Waals surface area contributed by atoms with Crippen molar-refractivity contribution in [2.75, 3.05) is 19.8 Å². The van der Waals surface area contributed by atoms with E-state index in [1.807, 2.05) is 6.08 Å². The average Bonchev–Trinajstić information content (AvgIpc) is 3.23. The Morgan fingerprint density at radius 2 is 2.15 bits per heavy atom. The summed E-state index contributed by atoms with van der Waals surface area (Å²) < 4.78 is 13.2. The van der Waals surface area contributed by atoms with Crippen LogP contribution in [0.4, 0.5) is 10.1 Å². The molecular weight excluding hydrogens is 345 g/mol. The molecule has 0 radical (unpaired) electrons. The van der Waals surface area contributed by atoms with Crippen molar-refractivity contribution in [2.45, 2.75) is 12.8 Å². The van der Waals surface area contributed by atoms with Crippen LogP contribution in [-0.2, 0) is 4.79 Å². The van der Waals surface area contributed by atoms with Crippen LogP contribution in [0.15, 0.2) is 62.7 Å². The molecule has 1 saturated heterocycles. The number of piperidine rings is 1. The highest BCUT2D eigenvalue weighted by molar-refractivity contribution is 6.63. The molecule has 2 aliphatic heterocycles. The van der Waals surface area contributed by atoms with Gasteiger partial charge in [-0.1, -0.05) is 5.57 Å². The van der Waals surface area contributed by atoms with Crippen LogP contribution in [-0.4, -0.2) is 43.2 Å². The number of hydrogen-bond acceptors (Lipinski definition) is 6. The van der Waals surface area contributed by atoms with E-state index in [2.05, 4.69) is 20.3 Å². The second-order valence-electron chi connectivity index (χ2n) is 6.85. The highest BCUT2D eigenvalue weighted by Gasteiger charge is 2.48. The van der Waals surface area contributed by atoms with Gasteiger partial charge in [-0.3, -0.25) is 14.8 Å². The maximum absolute atomic E-state index is 13.3. The van der Waals surface area contributed by atoms with Gasteiger partial charge in [0.2, 0.25) is 0 Å². The summed E-state index contributed by atoms with van der Waals surface area (Å²) in [5.74, 6) is -0.333. The standard InChI is InChI=1S/C20H20FN5O/c21-15-1-3-16(4-2-15)26-17-7-14-5-6-23-11-20(14,8-13(17)9-22)19(27)18-10-24-12-25-18/h1-4,7,9-10,23H,5-6,8,11-12,22H2. The third-order valence-electron chi connectivity index (χ3n) is 5.23. The summed E-state index contributed by atoms with van der Waals surface area (Å²) in [6.45, 7) is 1.64. The van der Waals surface area contributed by atoms with E-state index in [0.717, 1.165) is 24.1 Å². The molecule has 3 N–H and O–H groups in total. The van der Waals surface area contributed by atoms with E-state index in [1.165, 1.54) is 18.3 Å². The number of carbonyl (C=O) groups is 1. The van der Waals surface area contributed by atoms with Crippen LogP contribution in [0.2, 0.25) is 0 Å². The smallest absolute Gasteiger partial charge is 0.194 e. The molecule has 0 aromatic heterocycles. The average molecular weight is 365 g/mol. The summed E-state index contributed by atoms with van der Waals surface area (Å²) >= 11 is 0. The maximum Gasteiger partial charge on any atom is 0.194 e. The first-order valence-corrected chi connectivity index (χ1v) is 8.89. The Bertz CT molecular complexity index is 926. The molecule has 6 nitrogen and oxygen atoms in total. The molecule has 27 heavy (non-hydrogen) atoms. The van der Waals surface area contributed by atoms with Crippen molar-refractivity contribution in [3.63, 3.8) is 0 Å². The van der Waals surface area contributed by atoms with Crippen molar-refractivity contribution in [1.29, 1.82) is 0 Å². The van der Waals surface area contributed by atoms with Gasteiger partial charge in [0, 0.05) is 6.54 Å². The van der Waals surface area contributed by atoms with Gasteiger partial charge in [0.15, 0.2) is 5.78 Å². The SMILES string of the molecule is NC=C1CC2(C(=O)C3=NCN=C3)CNCCC2=CC1=Nc1ccc(F)cc1. The molecular formula is C20H20FN5O. The number of nitrogens with zero attached hydrogens (tertiary/aromatic N) is 3. The maximum atomic E-state index is 13.3. The number of ketones is 1. The predicted molar refractivity (Wildman–Crippen MR) is 104 cm³/mol. The van der Waals surface area contributed by atoms with Gasteiger partial charge in [0.25, 0.3) is 0 Å². The first kappa shape index (κ1) is 17.5. The fourth-order valence-corrected chi connectivity index (χ4v) is 3.81. The Balaban J connectivity index is 1.77. The molecule has 138 valence electrons. The number of nitrogens with one attached hydrogen (secondary N) is 1. The lowest BCUT2D eigenvalue weighted by Gasteiger charge is -2.42. The van der Waals surface area contributed by atoms with Crippen molar-refractivity contribution < 1.29 is 9.18 Å². The lowest BCUT2D eigenvalue weighted by atomic mass is 9.64. The number of hydrogen-bond donors (Lipinski definition) is 2. The lowest BCUT2D eigenvalue weighted by molar-refractivity contribution is -0.120. The van der Waals surface area contributed by atoms with Gasteiger partial charge in [0.1, 0.15) is 18.2 Å². The molecule has 4 rings (SSSR count). The van der Waals surface area contributed by atoms with Crippen LogP contribution in [0.25, 0.3) is 0 Å². The van der Waals surface area contributed by atoms with Crippen molar-refractivity contribution >= 4 is 29.1 Å². The largest absolute Gasteiger partial charge is 0.404 e.